The Hall–Kier alpha value is -3.93. The number of carbonyl (C=O) groups is 1. The summed E-state index contributed by atoms with van der Waals surface area (Å²) in [7, 11) is 1.66. The monoisotopic (exact) mass is 467 g/mol. The minimum Gasteiger partial charge on any atom is -0.496 e. The van der Waals surface area contributed by atoms with Crippen molar-refractivity contribution in [3.05, 3.63) is 113 Å². The minimum atomic E-state index is 0.0226. The maximum absolute atomic E-state index is 13.4. The standard InChI is InChI=1S/C29H29N3O3/c1-34-27-12-6-5-10-22(27)17-25-18-23(13-14-30-25)29(33)32-15-7-11-24(20-32)28-31-19-26(35-28)16-21-8-3-2-4-9-21/h2-6,8-10,12-14,18-19,24H,7,11,15-17,20H2,1H3/t24-/m1/s1. The van der Waals surface area contributed by atoms with Gasteiger partial charge in [-0.15, -0.1) is 0 Å². The van der Waals surface area contributed by atoms with Gasteiger partial charge >= 0.3 is 0 Å². The van der Waals surface area contributed by atoms with Gasteiger partial charge in [-0.3, -0.25) is 9.78 Å². The topological polar surface area (TPSA) is 68.5 Å². The Bertz CT molecular complexity index is 1290. The average molecular weight is 468 g/mol. The maximum atomic E-state index is 13.4. The summed E-state index contributed by atoms with van der Waals surface area (Å²) in [5.74, 6) is 2.52. The molecule has 0 bridgehead atoms. The van der Waals surface area contributed by atoms with Crippen LogP contribution in [0.15, 0.2) is 83.5 Å². The van der Waals surface area contributed by atoms with Crippen molar-refractivity contribution < 1.29 is 13.9 Å². The average Bonchev–Trinajstić information content (AvgIpc) is 3.38. The van der Waals surface area contributed by atoms with Gasteiger partial charge in [-0.1, -0.05) is 48.5 Å². The van der Waals surface area contributed by atoms with Crippen molar-refractivity contribution in [3.63, 3.8) is 0 Å². The molecular formula is C29H29N3O3. The Morgan fingerprint density at radius 3 is 2.74 bits per heavy atom. The molecule has 0 N–H and O–H groups in total. The van der Waals surface area contributed by atoms with E-state index in [4.69, 9.17) is 9.15 Å². The van der Waals surface area contributed by atoms with Gasteiger partial charge in [0.05, 0.1) is 19.2 Å². The van der Waals surface area contributed by atoms with Gasteiger partial charge in [-0.25, -0.2) is 4.98 Å². The first kappa shape index (κ1) is 22.8. The van der Waals surface area contributed by atoms with Gasteiger partial charge in [0.15, 0.2) is 5.89 Å². The maximum Gasteiger partial charge on any atom is 0.253 e. The first-order chi connectivity index (χ1) is 17.2. The second-order valence-electron chi connectivity index (χ2n) is 8.94. The molecule has 6 heteroatoms. The van der Waals surface area contributed by atoms with Crippen molar-refractivity contribution >= 4 is 5.91 Å². The molecule has 0 saturated carbocycles. The molecule has 0 unspecified atom stereocenters. The Labute approximate surface area is 205 Å². The van der Waals surface area contributed by atoms with Gasteiger partial charge < -0.3 is 14.1 Å². The van der Waals surface area contributed by atoms with Crippen LogP contribution in [0.25, 0.3) is 0 Å². The number of rotatable bonds is 7. The molecule has 4 aromatic rings. The van der Waals surface area contributed by atoms with E-state index in [0.717, 1.165) is 54.5 Å². The third-order valence-corrected chi connectivity index (χ3v) is 6.48. The van der Waals surface area contributed by atoms with Crippen LogP contribution in [0.2, 0.25) is 0 Å². The molecule has 178 valence electrons. The van der Waals surface area contributed by atoms with E-state index in [1.807, 2.05) is 59.6 Å². The summed E-state index contributed by atoms with van der Waals surface area (Å²) in [4.78, 5) is 24.3. The van der Waals surface area contributed by atoms with Gasteiger partial charge in [0, 0.05) is 48.9 Å². The number of piperidine rings is 1. The zero-order chi connectivity index (χ0) is 24.0. The van der Waals surface area contributed by atoms with Crippen molar-refractivity contribution in [1.82, 2.24) is 14.9 Å². The Morgan fingerprint density at radius 2 is 1.89 bits per heavy atom. The van der Waals surface area contributed by atoms with E-state index in [1.54, 1.807) is 19.4 Å². The van der Waals surface area contributed by atoms with Gasteiger partial charge in [-0.2, -0.15) is 0 Å². The van der Waals surface area contributed by atoms with E-state index in [9.17, 15) is 4.79 Å². The number of ether oxygens (including phenoxy) is 1. The number of methoxy groups -OCH3 is 1. The number of carbonyl (C=O) groups excluding carboxylic acids is 1. The van der Waals surface area contributed by atoms with E-state index in [-0.39, 0.29) is 11.8 Å². The highest BCUT2D eigenvalue weighted by atomic mass is 16.5. The van der Waals surface area contributed by atoms with Crippen LogP contribution in [0.5, 0.6) is 5.75 Å². The summed E-state index contributed by atoms with van der Waals surface area (Å²) in [6.45, 7) is 1.34. The molecule has 0 aliphatic carbocycles. The molecule has 2 aromatic heterocycles. The molecule has 1 aliphatic heterocycles. The summed E-state index contributed by atoms with van der Waals surface area (Å²) in [6.07, 6.45) is 6.74. The molecule has 0 radical (unpaired) electrons. The summed E-state index contributed by atoms with van der Waals surface area (Å²) >= 11 is 0. The first-order valence-corrected chi connectivity index (χ1v) is 12.0. The minimum absolute atomic E-state index is 0.0226. The summed E-state index contributed by atoms with van der Waals surface area (Å²) in [5.41, 5.74) is 3.73. The lowest BCUT2D eigenvalue weighted by Gasteiger charge is -2.31. The van der Waals surface area contributed by atoms with Crippen molar-refractivity contribution in [1.29, 1.82) is 0 Å². The number of hydrogen-bond donors (Lipinski definition) is 0. The zero-order valence-corrected chi connectivity index (χ0v) is 19.9. The lowest BCUT2D eigenvalue weighted by Crippen LogP contribution is -2.39. The second kappa shape index (κ2) is 10.6. The fourth-order valence-electron chi connectivity index (χ4n) is 4.69. The van der Waals surface area contributed by atoms with Crippen molar-refractivity contribution in [2.24, 2.45) is 0 Å². The third kappa shape index (κ3) is 5.43. The van der Waals surface area contributed by atoms with E-state index in [1.165, 1.54) is 5.56 Å². The number of oxazole rings is 1. The molecule has 1 atom stereocenters. The number of para-hydroxylation sites is 1. The van der Waals surface area contributed by atoms with Crippen LogP contribution in [0.3, 0.4) is 0 Å². The third-order valence-electron chi connectivity index (χ3n) is 6.48. The van der Waals surface area contributed by atoms with Crippen LogP contribution in [-0.4, -0.2) is 41.0 Å². The highest BCUT2D eigenvalue weighted by molar-refractivity contribution is 5.94. The molecule has 1 amide bonds. The molecule has 1 fully saturated rings. The SMILES string of the molecule is COc1ccccc1Cc1cc(C(=O)N2CCC[C@@H](c3ncc(Cc4ccccc4)o3)C2)ccn1. The molecular weight excluding hydrogens is 438 g/mol. The molecule has 35 heavy (non-hydrogen) atoms. The number of likely N-dealkylation sites (tertiary alicyclic amines) is 1. The van der Waals surface area contributed by atoms with Crippen LogP contribution >= 0.6 is 0 Å². The number of hydrogen-bond acceptors (Lipinski definition) is 5. The molecule has 6 nitrogen and oxygen atoms in total. The summed E-state index contributed by atoms with van der Waals surface area (Å²) < 4.78 is 11.6. The van der Waals surface area contributed by atoms with Crippen LogP contribution < -0.4 is 4.74 Å². The molecule has 1 saturated heterocycles. The van der Waals surface area contributed by atoms with Crippen molar-refractivity contribution in [2.75, 3.05) is 20.2 Å². The van der Waals surface area contributed by atoms with E-state index in [2.05, 4.69) is 22.1 Å². The Balaban J connectivity index is 1.26. The van der Waals surface area contributed by atoms with Crippen LogP contribution in [0, 0.1) is 0 Å². The fourth-order valence-corrected chi connectivity index (χ4v) is 4.69. The molecule has 2 aromatic carbocycles. The molecule has 1 aliphatic rings. The predicted molar refractivity (Wildman–Crippen MR) is 134 cm³/mol. The quantitative estimate of drug-likeness (QED) is 0.370. The number of pyridine rings is 1. The van der Waals surface area contributed by atoms with Crippen LogP contribution in [0.1, 0.15) is 57.6 Å². The molecule has 0 spiro atoms. The van der Waals surface area contributed by atoms with E-state index < -0.39 is 0 Å². The van der Waals surface area contributed by atoms with Gasteiger partial charge in [-0.05, 0) is 36.6 Å². The second-order valence-corrected chi connectivity index (χ2v) is 8.94. The van der Waals surface area contributed by atoms with Crippen LogP contribution in [0.4, 0.5) is 0 Å². The van der Waals surface area contributed by atoms with Crippen molar-refractivity contribution in [2.45, 2.75) is 31.6 Å². The number of amides is 1. The largest absolute Gasteiger partial charge is 0.496 e. The fraction of sp³-hybridized carbons (Fsp3) is 0.276. The van der Waals surface area contributed by atoms with E-state index in [0.29, 0.717) is 18.5 Å². The lowest BCUT2D eigenvalue weighted by atomic mass is 9.97. The van der Waals surface area contributed by atoms with Gasteiger partial charge in [0.25, 0.3) is 5.91 Å². The zero-order valence-electron chi connectivity index (χ0n) is 19.9. The predicted octanol–water partition coefficient (Wildman–Crippen LogP) is 5.28. The van der Waals surface area contributed by atoms with Crippen molar-refractivity contribution in [3.8, 4) is 5.75 Å². The number of aromatic nitrogens is 2. The normalized spacial score (nSPS) is 15.7. The highest BCUT2D eigenvalue weighted by Crippen LogP contribution is 2.28. The van der Waals surface area contributed by atoms with E-state index >= 15 is 0 Å². The Morgan fingerprint density at radius 1 is 1.06 bits per heavy atom. The summed E-state index contributed by atoms with van der Waals surface area (Å²) in [5, 5.41) is 0. The summed E-state index contributed by atoms with van der Waals surface area (Å²) in [6, 6.07) is 21.8. The Kier molecular flexibility index (Phi) is 6.89. The lowest BCUT2D eigenvalue weighted by molar-refractivity contribution is 0.0697. The number of benzene rings is 2. The van der Waals surface area contributed by atoms with Crippen LogP contribution in [-0.2, 0) is 12.8 Å². The van der Waals surface area contributed by atoms with Gasteiger partial charge in [0.2, 0.25) is 0 Å². The molecule has 5 rings (SSSR count). The first-order valence-electron chi connectivity index (χ1n) is 12.0. The van der Waals surface area contributed by atoms with Gasteiger partial charge in [0.1, 0.15) is 11.5 Å². The number of nitrogens with zero attached hydrogens (tertiary/aromatic N) is 3. The highest BCUT2D eigenvalue weighted by Gasteiger charge is 2.28. The smallest absolute Gasteiger partial charge is 0.253 e. The molecule has 3 heterocycles.